The molecule has 0 radical (unpaired) electrons. The van der Waals surface area contributed by atoms with E-state index in [1.54, 1.807) is 0 Å². The Morgan fingerprint density at radius 1 is 0.478 bits per heavy atom. The molecule has 5 nitrogen and oxygen atoms in total. The van der Waals surface area contributed by atoms with Crippen LogP contribution in [-0.2, 0) is 4.74 Å². The molecule has 1 saturated heterocycles. The van der Waals surface area contributed by atoms with Crippen LogP contribution in [0.25, 0.3) is 0 Å². The summed E-state index contributed by atoms with van der Waals surface area (Å²) in [5.41, 5.74) is 0. The van der Waals surface area contributed by atoms with Crippen molar-refractivity contribution in [2.45, 2.75) is 79.7 Å². The van der Waals surface area contributed by atoms with Crippen molar-refractivity contribution in [3.05, 3.63) is 0 Å². The molecule has 166 valence electrons. The molecule has 0 unspecified atom stereocenters. The molecule has 0 aliphatic carbocycles. The fourth-order valence-electron chi connectivity index (χ4n) is 0.510. The van der Waals surface area contributed by atoms with Crippen LogP contribution in [0.4, 0.5) is 0 Å². The minimum absolute atomic E-state index is 0. The fraction of sp³-hybridized carbons (Fsp3) is 1.00. The van der Waals surface area contributed by atoms with Crippen LogP contribution in [0.15, 0.2) is 0 Å². The number of hydrogen-bond acceptors (Lipinski definition) is 1. The Hall–Kier alpha value is 2.28. The Bertz CT molecular complexity index is 85.3. The van der Waals surface area contributed by atoms with Gasteiger partial charge in [-0.1, -0.05) is 66.8 Å². The molecule has 1 aliphatic rings. The first-order chi connectivity index (χ1) is 4.50. The second-order valence-corrected chi connectivity index (χ2v) is 36.9. The zero-order chi connectivity index (χ0) is 8.04. The fourth-order valence-corrected chi connectivity index (χ4v) is 0.510. The van der Waals surface area contributed by atoms with Gasteiger partial charge in [0.15, 0.2) is 0 Å². The molecule has 0 atom stereocenters. The van der Waals surface area contributed by atoms with Crippen LogP contribution in [0.2, 0.25) is 0 Å². The van der Waals surface area contributed by atoms with Gasteiger partial charge in [-0.3, -0.25) is 0 Å². The van der Waals surface area contributed by atoms with E-state index in [-0.39, 0.29) is 88.7 Å². The van der Waals surface area contributed by atoms with E-state index in [4.69, 9.17) is 28.6 Å². The second kappa shape index (κ2) is 74.6. The first kappa shape index (κ1) is 117. The van der Waals surface area contributed by atoms with Crippen molar-refractivity contribution in [2.24, 2.45) is 0 Å². The summed E-state index contributed by atoms with van der Waals surface area (Å²) in [6.07, 6.45) is 2.56. The monoisotopic (exact) mass is 660 g/mol. The van der Waals surface area contributed by atoms with Crippen molar-refractivity contribution in [1.29, 1.82) is 0 Å². The van der Waals surface area contributed by atoms with Gasteiger partial charge in [0.2, 0.25) is 0 Å². The molecule has 0 bridgehead atoms. The Morgan fingerprint density at radius 2 is 0.609 bits per heavy atom. The third-order valence-corrected chi connectivity index (χ3v) is 0.827. The molecule has 0 aromatic heterocycles. The molecular formula is C13H52Cl4O5Th. The molecule has 0 spiro atoms. The van der Waals surface area contributed by atoms with Crippen molar-refractivity contribution < 1.29 is 52.2 Å². The maximum atomic E-state index is 5.06. The van der Waals surface area contributed by atoms with Crippen LogP contribution in [-0.4, -0.2) is 35.1 Å². The van der Waals surface area contributed by atoms with E-state index in [1.165, 1.54) is 12.8 Å². The Kier molecular flexibility index (Phi) is 380. The van der Waals surface area contributed by atoms with Crippen LogP contribution in [0, 0.1) is 25.6 Å². The molecule has 10 heteroatoms. The molecule has 0 aromatic carbocycles. The Labute approximate surface area is 167 Å². The van der Waals surface area contributed by atoms with E-state index in [2.05, 4.69) is 0 Å². The first-order valence-corrected chi connectivity index (χ1v) is 23.0. The number of ether oxygens (including phenoxy) is 1. The topological polar surface area (TPSA) is 135 Å². The molecule has 1 rings (SSSR count). The van der Waals surface area contributed by atoms with Crippen LogP contribution < -0.4 is 0 Å². The molecule has 1 aliphatic heterocycles. The molecule has 23 heavy (non-hydrogen) atoms. The number of rotatable bonds is 0. The maximum absolute atomic E-state index is 5.06. The number of halogens is 4. The van der Waals surface area contributed by atoms with Crippen LogP contribution in [0.1, 0.15) is 79.7 Å². The summed E-state index contributed by atoms with van der Waals surface area (Å²) in [5.74, 6) is 20.2. The molecule has 0 amide bonds. The van der Waals surface area contributed by atoms with Gasteiger partial charge in [0.1, 0.15) is 0 Å². The van der Waals surface area contributed by atoms with Gasteiger partial charge in [0.25, 0.3) is 0 Å². The van der Waals surface area contributed by atoms with Gasteiger partial charge in [-0.05, 0) is 12.8 Å². The van der Waals surface area contributed by atoms with Gasteiger partial charge in [-0.15, -0.1) is 0 Å². The molecule has 1 heterocycles. The predicted molar refractivity (Wildman–Crippen MR) is 118 cm³/mol. The van der Waals surface area contributed by atoms with Crippen molar-refractivity contribution in [2.75, 3.05) is 13.2 Å². The molecule has 0 aromatic rings. The first-order valence-electron chi connectivity index (χ1n) is 2.83. The summed E-state index contributed by atoms with van der Waals surface area (Å²) >= 11 is -3.45. The van der Waals surface area contributed by atoms with Gasteiger partial charge in [0.05, 0.1) is 0 Å². The standard InChI is InChI=1S/C4H8O.9CH4.4ClH.4H2O.Th/c1-2-4-5-3-1;;;;;;;;;;;;;;;;;;/h1-4H2;9*1H4;4*1H;4*1H2;/q;;;;;;;;;;;;;;;;;;+4/p-4. The molecule has 8 N–H and O–H groups in total. The van der Waals surface area contributed by atoms with Crippen molar-refractivity contribution >= 4 is 23.9 Å². The predicted octanol–water partition coefficient (Wildman–Crippen LogP) is 5.98. The van der Waals surface area contributed by atoms with E-state index >= 15 is 0 Å². The summed E-state index contributed by atoms with van der Waals surface area (Å²) in [6, 6.07) is 0. The zero-order valence-corrected chi connectivity index (χ0v) is 14.4. The van der Waals surface area contributed by atoms with Crippen LogP contribution in [0.3, 0.4) is 0 Å². The average Bonchev–Trinajstić information content (AvgIpc) is 2.07. The van der Waals surface area contributed by atoms with Crippen molar-refractivity contribution in [1.82, 2.24) is 0 Å². The van der Waals surface area contributed by atoms with Crippen molar-refractivity contribution in [3.63, 3.8) is 0 Å². The molecule has 0 saturated carbocycles. The molecule has 1 fully saturated rings. The van der Waals surface area contributed by atoms with Crippen molar-refractivity contribution in [3.8, 4) is 0 Å². The second-order valence-electron chi connectivity index (χ2n) is 1.75. The van der Waals surface area contributed by atoms with Crippen LogP contribution in [0.5, 0.6) is 0 Å². The minimum atomic E-state index is -3.45. The summed E-state index contributed by atoms with van der Waals surface area (Å²) < 4.78 is 4.94. The van der Waals surface area contributed by atoms with E-state index in [1.807, 2.05) is 0 Å². The van der Waals surface area contributed by atoms with Gasteiger partial charge in [-0.25, -0.2) is 0 Å². The van der Waals surface area contributed by atoms with Crippen LogP contribution >= 0.6 is 23.9 Å². The Balaban J connectivity index is -0.00000000375. The summed E-state index contributed by atoms with van der Waals surface area (Å²) in [5, 5.41) is 0. The quantitative estimate of drug-likeness (QED) is 0.310. The SMILES string of the molecule is C.C.C.C.C.C.C.C.C.C1CCOC1.O.O.O.O.[Cl][Th]([Cl])([Cl])[Cl]. The molecular weight excluding hydrogens is 610 g/mol. The third-order valence-electron chi connectivity index (χ3n) is 0.827. The summed E-state index contributed by atoms with van der Waals surface area (Å²) in [7, 11) is 0. The van der Waals surface area contributed by atoms with Gasteiger partial charge < -0.3 is 26.6 Å². The third kappa shape index (κ3) is 227. The Morgan fingerprint density at radius 3 is 0.652 bits per heavy atom. The summed E-state index contributed by atoms with van der Waals surface area (Å²) in [4.78, 5) is 0. The number of hydrogen-bond donors (Lipinski definition) is 0. The van der Waals surface area contributed by atoms with E-state index in [0.717, 1.165) is 13.2 Å². The zero-order valence-electron chi connectivity index (χ0n) is 7.25. The van der Waals surface area contributed by atoms with Gasteiger partial charge in [0, 0.05) is 13.2 Å². The van der Waals surface area contributed by atoms with Gasteiger partial charge in [-0.2, -0.15) is 0 Å². The van der Waals surface area contributed by atoms with E-state index < -0.39 is 25.6 Å². The normalized spacial score (nSPS) is 7.83. The van der Waals surface area contributed by atoms with E-state index in [0.29, 0.717) is 0 Å². The van der Waals surface area contributed by atoms with Gasteiger partial charge >= 0.3 is 49.5 Å². The summed E-state index contributed by atoms with van der Waals surface area (Å²) in [6.45, 7) is 2.00. The average molecular weight is 662 g/mol. The van der Waals surface area contributed by atoms with E-state index in [9.17, 15) is 0 Å².